The van der Waals surface area contributed by atoms with Gasteiger partial charge < -0.3 is 10.1 Å². The van der Waals surface area contributed by atoms with Gasteiger partial charge in [0.25, 0.3) is 0 Å². The number of carbonyl (C=O) groups is 1. The van der Waals surface area contributed by atoms with Gasteiger partial charge in [0.2, 0.25) is 5.91 Å². The molecular formula is C19H16ClN3O2. The van der Waals surface area contributed by atoms with Crippen molar-refractivity contribution in [2.45, 2.75) is 12.3 Å². The number of halogens is 1. The van der Waals surface area contributed by atoms with Crippen molar-refractivity contribution in [3.8, 4) is 17.0 Å². The fourth-order valence-corrected chi connectivity index (χ4v) is 3.36. The van der Waals surface area contributed by atoms with Crippen LogP contribution < -0.4 is 10.1 Å². The van der Waals surface area contributed by atoms with Crippen molar-refractivity contribution in [1.29, 1.82) is 0 Å². The summed E-state index contributed by atoms with van der Waals surface area (Å²) in [5.74, 6) is 1.20. The number of nitrogens with one attached hydrogen (secondary N) is 2. The molecule has 2 N–H and O–H groups in total. The van der Waals surface area contributed by atoms with Gasteiger partial charge in [0.05, 0.1) is 12.8 Å². The Labute approximate surface area is 150 Å². The van der Waals surface area contributed by atoms with Crippen LogP contribution in [0.5, 0.6) is 5.75 Å². The van der Waals surface area contributed by atoms with Gasteiger partial charge in [0.1, 0.15) is 5.75 Å². The number of hydrogen-bond donors (Lipinski definition) is 2. The van der Waals surface area contributed by atoms with E-state index < -0.39 is 0 Å². The molecule has 2 aromatic carbocycles. The van der Waals surface area contributed by atoms with Gasteiger partial charge in [-0.1, -0.05) is 35.9 Å². The molecule has 1 aliphatic rings. The Kier molecular flexibility index (Phi) is 3.93. The minimum absolute atomic E-state index is 0.0468. The van der Waals surface area contributed by atoms with Crippen LogP contribution in [0.3, 0.4) is 0 Å². The van der Waals surface area contributed by atoms with Crippen molar-refractivity contribution in [1.82, 2.24) is 10.2 Å². The highest BCUT2D eigenvalue weighted by molar-refractivity contribution is 6.30. The van der Waals surface area contributed by atoms with E-state index in [-0.39, 0.29) is 11.8 Å². The summed E-state index contributed by atoms with van der Waals surface area (Å²) in [6.07, 6.45) is 0.361. The predicted octanol–water partition coefficient (Wildman–Crippen LogP) is 4.21. The molecule has 4 rings (SSSR count). The maximum atomic E-state index is 12.1. The van der Waals surface area contributed by atoms with E-state index in [0.29, 0.717) is 17.3 Å². The van der Waals surface area contributed by atoms with Crippen molar-refractivity contribution < 1.29 is 9.53 Å². The lowest BCUT2D eigenvalue weighted by atomic mass is 9.84. The molecule has 0 aliphatic carbocycles. The normalized spacial score (nSPS) is 16.2. The number of methoxy groups -OCH3 is 1. The standard InChI is InChI=1S/C19H16ClN3O2/c1-25-14-4-2-3-12(9-14)15-10-16(24)21-19-17(15)18(22-23-19)11-5-7-13(20)8-6-11/h2-9,15H,10H2,1H3,(H2,21,22,23,24). The number of benzene rings is 2. The van der Waals surface area contributed by atoms with Crippen LogP contribution in [0.4, 0.5) is 5.82 Å². The highest BCUT2D eigenvalue weighted by Gasteiger charge is 2.32. The third kappa shape index (κ3) is 2.87. The van der Waals surface area contributed by atoms with E-state index in [2.05, 4.69) is 15.5 Å². The number of ether oxygens (including phenoxy) is 1. The number of fused-ring (bicyclic) bond motifs is 1. The number of rotatable bonds is 3. The molecule has 1 unspecified atom stereocenters. The van der Waals surface area contributed by atoms with E-state index in [1.807, 2.05) is 48.5 Å². The van der Waals surface area contributed by atoms with E-state index in [1.54, 1.807) is 7.11 Å². The Hall–Kier alpha value is -2.79. The minimum Gasteiger partial charge on any atom is -0.497 e. The average molecular weight is 354 g/mol. The summed E-state index contributed by atoms with van der Waals surface area (Å²) in [6, 6.07) is 15.4. The number of nitrogens with zero attached hydrogens (tertiary/aromatic N) is 1. The number of carbonyl (C=O) groups excluding carboxylic acids is 1. The first-order valence-electron chi connectivity index (χ1n) is 7.93. The second-order valence-electron chi connectivity index (χ2n) is 5.95. The molecular weight excluding hydrogens is 338 g/mol. The van der Waals surface area contributed by atoms with Gasteiger partial charge in [-0.2, -0.15) is 5.10 Å². The van der Waals surface area contributed by atoms with Crippen molar-refractivity contribution >= 4 is 23.3 Å². The molecule has 1 aliphatic heterocycles. The first-order valence-corrected chi connectivity index (χ1v) is 8.31. The molecule has 0 radical (unpaired) electrons. The monoisotopic (exact) mass is 353 g/mol. The zero-order chi connectivity index (χ0) is 17.4. The largest absolute Gasteiger partial charge is 0.497 e. The Bertz CT molecular complexity index is 934. The molecule has 0 bridgehead atoms. The van der Waals surface area contributed by atoms with Gasteiger partial charge in [-0.3, -0.25) is 9.89 Å². The SMILES string of the molecule is COc1cccc(C2CC(=O)Nc3n[nH]c(-c4ccc(Cl)cc4)c32)c1. The fourth-order valence-electron chi connectivity index (χ4n) is 3.24. The van der Waals surface area contributed by atoms with Crippen LogP contribution in [0.1, 0.15) is 23.5 Å². The molecule has 2 heterocycles. The quantitative estimate of drug-likeness (QED) is 0.741. The van der Waals surface area contributed by atoms with Crippen LogP contribution in [-0.2, 0) is 4.79 Å². The van der Waals surface area contributed by atoms with Crippen molar-refractivity contribution in [3.05, 3.63) is 64.7 Å². The molecule has 0 fully saturated rings. The summed E-state index contributed by atoms with van der Waals surface area (Å²) in [7, 11) is 1.63. The predicted molar refractivity (Wildman–Crippen MR) is 97.1 cm³/mol. The smallest absolute Gasteiger partial charge is 0.226 e. The van der Waals surface area contributed by atoms with E-state index in [0.717, 1.165) is 28.1 Å². The molecule has 0 saturated carbocycles. The van der Waals surface area contributed by atoms with Crippen molar-refractivity contribution in [2.75, 3.05) is 12.4 Å². The lowest BCUT2D eigenvalue weighted by Gasteiger charge is -2.23. The topological polar surface area (TPSA) is 67.0 Å². The molecule has 0 spiro atoms. The molecule has 1 atom stereocenters. The molecule has 6 heteroatoms. The summed E-state index contributed by atoms with van der Waals surface area (Å²) < 4.78 is 5.33. The van der Waals surface area contributed by atoms with Crippen LogP contribution in [0.2, 0.25) is 5.02 Å². The maximum absolute atomic E-state index is 12.1. The van der Waals surface area contributed by atoms with Gasteiger partial charge in [-0.25, -0.2) is 0 Å². The minimum atomic E-state index is -0.0942. The highest BCUT2D eigenvalue weighted by atomic mass is 35.5. The van der Waals surface area contributed by atoms with Crippen LogP contribution >= 0.6 is 11.6 Å². The molecule has 1 amide bonds. The fraction of sp³-hybridized carbons (Fsp3) is 0.158. The van der Waals surface area contributed by atoms with E-state index in [4.69, 9.17) is 16.3 Å². The highest BCUT2D eigenvalue weighted by Crippen LogP contribution is 2.42. The van der Waals surface area contributed by atoms with Crippen LogP contribution in [-0.4, -0.2) is 23.2 Å². The number of hydrogen-bond acceptors (Lipinski definition) is 3. The van der Waals surface area contributed by atoms with Gasteiger partial charge in [0, 0.05) is 28.5 Å². The molecule has 1 aromatic heterocycles. The zero-order valence-electron chi connectivity index (χ0n) is 13.5. The number of aromatic amines is 1. The van der Waals surface area contributed by atoms with Gasteiger partial charge in [0.15, 0.2) is 5.82 Å². The summed E-state index contributed by atoms with van der Waals surface area (Å²) in [6.45, 7) is 0. The first kappa shape index (κ1) is 15.7. The van der Waals surface area contributed by atoms with E-state index >= 15 is 0 Å². The Morgan fingerprint density at radius 2 is 2.00 bits per heavy atom. The Balaban J connectivity index is 1.85. The third-order valence-corrected chi connectivity index (χ3v) is 4.68. The zero-order valence-corrected chi connectivity index (χ0v) is 14.3. The van der Waals surface area contributed by atoms with E-state index in [1.165, 1.54) is 0 Å². The number of amides is 1. The molecule has 0 saturated heterocycles. The lowest BCUT2D eigenvalue weighted by molar-refractivity contribution is -0.116. The summed E-state index contributed by atoms with van der Waals surface area (Å²) in [4.78, 5) is 12.1. The van der Waals surface area contributed by atoms with Crippen molar-refractivity contribution in [3.63, 3.8) is 0 Å². The summed E-state index contributed by atoms with van der Waals surface area (Å²) in [5.41, 5.74) is 3.86. The van der Waals surface area contributed by atoms with E-state index in [9.17, 15) is 4.79 Å². The number of aromatic nitrogens is 2. The maximum Gasteiger partial charge on any atom is 0.226 e. The molecule has 25 heavy (non-hydrogen) atoms. The van der Waals surface area contributed by atoms with Crippen LogP contribution in [0.25, 0.3) is 11.3 Å². The second-order valence-corrected chi connectivity index (χ2v) is 6.39. The lowest BCUT2D eigenvalue weighted by Crippen LogP contribution is -2.23. The van der Waals surface area contributed by atoms with Gasteiger partial charge >= 0.3 is 0 Å². The van der Waals surface area contributed by atoms with Crippen LogP contribution in [0.15, 0.2) is 48.5 Å². The van der Waals surface area contributed by atoms with Gasteiger partial charge in [-0.05, 0) is 29.8 Å². The van der Waals surface area contributed by atoms with Gasteiger partial charge in [-0.15, -0.1) is 0 Å². The first-order chi connectivity index (χ1) is 12.2. The average Bonchev–Trinajstić information content (AvgIpc) is 3.05. The molecule has 126 valence electrons. The molecule has 5 nitrogen and oxygen atoms in total. The third-order valence-electron chi connectivity index (χ3n) is 4.43. The van der Waals surface area contributed by atoms with Crippen LogP contribution in [0, 0.1) is 0 Å². The number of H-pyrrole nitrogens is 1. The molecule has 3 aromatic rings. The van der Waals surface area contributed by atoms with Crippen molar-refractivity contribution in [2.24, 2.45) is 0 Å². The Morgan fingerprint density at radius 1 is 1.20 bits per heavy atom. The Morgan fingerprint density at radius 3 is 2.76 bits per heavy atom. The number of anilines is 1. The second kappa shape index (κ2) is 6.26. The summed E-state index contributed by atoms with van der Waals surface area (Å²) >= 11 is 6.00. The summed E-state index contributed by atoms with van der Waals surface area (Å²) in [5, 5.41) is 10.9.